The summed E-state index contributed by atoms with van der Waals surface area (Å²) in [6.07, 6.45) is 1.91. The van der Waals surface area contributed by atoms with Crippen molar-refractivity contribution in [2.75, 3.05) is 57.5 Å². The zero-order valence-electron chi connectivity index (χ0n) is 16.7. The maximum absolute atomic E-state index is 12.6. The predicted molar refractivity (Wildman–Crippen MR) is 108 cm³/mol. The molecule has 152 valence electrons. The summed E-state index contributed by atoms with van der Waals surface area (Å²) in [5.41, 5.74) is 1.09. The topological polar surface area (TPSA) is 70.2 Å². The average molecular weight is 398 g/mol. The lowest BCUT2D eigenvalue weighted by Gasteiger charge is -2.37. The normalized spacial score (nSPS) is 15.5. The first-order valence-electron chi connectivity index (χ1n) is 9.32. The number of hydrogen-bond acceptors (Lipinski definition) is 5. The first-order valence-corrected chi connectivity index (χ1v) is 11.2. The van der Waals surface area contributed by atoms with Gasteiger partial charge in [-0.25, -0.2) is 8.42 Å². The van der Waals surface area contributed by atoms with Crippen LogP contribution in [0.25, 0.3) is 0 Å². The van der Waals surface area contributed by atoms with Crippen LogP contribution in [0.4, 0.5) is 5.69 Å². The lowest BCUT2D eigenvalue weighted by Crippen LogP contribution is -2.52. The molecule has 1 amide bonds. The SMILES string of the molecule is COc1ccc(N2CCN(C(=O)CN(CCC(C)C)S(C)(=O)=O)CC2)cc1. The van der Waals surface area contributed by atoms with Crippen LogP contribution < -0.4 is 9.64 Å². The maximum Gasteiger partial charge on any atom is 0.238 e. The molecule has 2 rings (SSSR count). The van der Waals surface area contributed by atoms with Gasteiger partial charge in [-0.15, -0.1) is 0 Å². The van der Waals surface area contributed by atoms with Crippen molar-refractivity contribution in [3.05, 3.63) is 24.3 Å². The Bertz CT molecular complexity index is 711. The van der Waals surface area contributed by atoms with Crippen LogP contribution in [0.3, 0.4) is 0 Å². The van der Waals surface area contributed by atoms with E-state index in [2.05, 4.69) is 4.90 Å². The molecule has 27 heavy (non-hydrogen) atoms. The van der Waals surface area contributed by atoms with Crippen LogP contribution in [0, 0.1) is 5.92 Å². The number of sulfonamides is 1. The average Bonchev–Trinajstić information content (AvgIpc) is 2.64. The second-order valence-electron chi connectivity index (χ2n) is 7.34. The largest absolute Gasteiger partial charge is 0.497 e. The summed E-state index contributed by atoms with van der Waals surface area (Å²) in [7, 11) is -1.75. The minimum Gasteiger partial charge on any atom is -0.497 e. The van der Waals surface area contributed by atoms with Gasteiger partial charge in [0, 0.05) is 38.4 Å². The fourth-order valence-electron chi connectivity index (χ4n) is 3.02. The Kier molecular flexibility index (Phi) is 7.49. The molecule has 1 saturated heterocycles. The number of nitrogens with zero attached hydrogens (tertiary/aromatic N) is 3. The van der Waals surface area contributed by atoms with Gasteiger partial charge in [-0.1, -0.05) is 13.8 Å². The monoisotopic (exact) mass is 397 g/mol. The van der Waals surface area contributed by atoms with E-state index in [0.717, 1.165) is 30.9 Å². The van der Waals surface area contributed by atoms with Crippen LogP contribution in [0.2, 0.25) is 0 Å². The van der Waals surface area contributed by atoms with Gasteiger partial charge in [0.1, 0.15) is 5.75 Å². The number of piperazine rings is 1. The zero-order chi connectivity index (χ0) is 20.0. The van der Waals surface area contributed by atoms with Crippen molar-refractivity contribution >= 4 is 21.6 Å². The van der Waals surface area contributed by atoms with Crippen molar-refractivity contribution in [1.82, 2.24) is 9.21 Å². The predicted octanol–water partition coefficient (Wildman–Crippen LogP) is 1.65. The molecule has 0 spiro atoms. The number of carbonyl (C=O) groups is 1. The summed E-state index contributed by atoms with van der Waals surface area (Å²) in [4.78, 5) is 16.6. The summed E-state index contributed by atoms with van der Waals surface area (Å²) in [5.74, 6) is 1.07. The third-order valence-electron chi connectivity index (χ3n) is 4.81. The first kappa shape index (κ1) is 21.5. The highest BCUT2D eigenvalue weighted by Gasteiger charge is 2.26. The molecule has 8 heteroatoms. The second-order valence-corrected chi connectivity index (χ2v) is 9.33. The third kappa shape index (κ3) is 6.39. The molecule has 0 aromatic heterocycles. The van der Waals surface area contributed by atoms with E-state index in [1.807, 2.05) is 38.1 Å². The Morgan fingerprint density at radius 2 is 1.74 bits per heavy atom. The van der Waals surface area contributed by atoms with Gasteiger partial charge >= 0.3 is 0 Å². The maximum atomic E-state index is 12.6. The molecule has 0 radical (unpaired) electrons. The number of amides is 1. The molecule has 0 bridgehead atoms. The molecule has 0 N–H and O–H groups in total. The Morgan fingerprint density at radius 1 is 1.15 bits per heavy atom. The van der Waals surface area contributed by atoms with E-state index < -0.39 is 10.0 Å². The second kappa shape index (κ2) is 9.41. The van der Waals surface area contributed by atoms with Crippen molar-refractivity contribution in [1.29, 1.82) is 0 Å². The van der Waals surface area contributed by atoms with Crippen LogP contribution in [-0.2, 0) is 14.8 Å². The number of carbonyl (C=O) groups excluding carboxylic acids is 1. The Labute approximate surface area is 162 Å². The van der Waals surface area contributed by atoms with Gasteiger partial charge in [0.05, 0.1) is 19.9 Å². The summed E-state index contributed by atoms with van der Waals surface area (Å²) in [6.45, 7) is 7.02. The van der Waals surface area contributed by atoms with Crippen LogP contribution in [-0.4, -0.2) is 76.2 Å². The lowest BCUT2D eigenvalue weighted by molar-refractivity contribution is -0.131. The van der Waals surface area contributed by atoms with E-state index in [-0.39, 0.29) is 12.5 Å². The standard InChI is InChI=1S/C19H31N3O4S/c1-16(2)9-10-22(27(4,24)25)15-19(23)21-13-11-20(12-14-21)17-5-7-18(26-3)8-6-17/h5-8,16H,9-15H2,1-4H3. The third-order valence-corrected chi connectivity index (χ3v) is 6.06. The van der Waals surface area contributed by atoms with Crippen LogP contribution in [0.5, 0.6) is 5.75 Å². The van der Waals surface area contributed by atoms with Crippen molar-refractivity contribution in [2.45, 2.75) is 20.3 Å². The smallest absolute Gasteiger partial charge is 0.238 e. The van der Waals surface area contributed by atoms with E-state index in [4.69, 9.17) is 4.74 Å². The molecular weight excluding hydrogens is 366 g/mol. The molecule has 1 aliphatic heterocycles. The number of anilines is 1. The van der Waals surface area contributed by atoms with E-state index in [1.54, 1.807) is 12.0 Å². The van der Waals surface area contributed by atoms with Gasteiger partial charge in [-0.2, -0.15) is 4.31 Å². The molecule has 0 aliphatic carbocycles. The Morgan fingerprint density at radius 3 is 2.22 bits per heavy atom. The molecular formula is C19H31N3O4S. The van der Waals surface area contributed by atoms with Gasteiger partial charge in [0.2, 0.25) is 15.9 Å². The van der Waals surface area contributed by atoms with E-state index >= 15 is 0 Å². The fourth-order valence-corrected chi connectivity index (χ4v) is 3.80. The Hall–Kier alpha value is -1.80. The summed E-state index contributed by atoms with van der Waals surface area (Å²) < 4.78 is 30.5. The highest BCUT2D eigenvalue weighted by molar-refractivity contribution is 7.88. The summed E-state index contributed by atoms with van der Waals surface area (Å²) >= 11 is 0. The van der Waals surface area contributed by atoms with Gasteiger partial charge in [-0.05, 0) is 36.6 Å². The minimum absolute atomic E-state index is 0.0753. The molecule has 1 heterocycles. The van der Waals surface area contributed by atoms with Crippen molar-refractivity contribution in [3.8, 4) is 5.75 Å². The first-order chi connectivity index (χ1) is 12.7. The molecule has 1 aromatic carbocycles. The van der Waals surface area contributed by atoms with Crippen LogP contribution >= 0.6 is 0 Å². The molecule has 0 unspecified atom stereocenters. The highest BCUT2D eigenvalue weighted by atomic mass is 32.2. The molecule has 1 fully saturated rings. The highest BCUT2D eigenvalue weighted by Crippen LogP contribution is 2.20. The van der Waals surface area contributed by atoms with E-state index in [0.29, 0.717) is 25.6 Å². The Balaban J connectivity index is 1.90. The zero-order valence-corrected chi connectivity index (χ0v) is 17.5. The molecule has 0 atom stereocenters. The van der Waals surface area contributed by atoms with Gasteiger partial charge in [-0.3, -0.25) is 4.79 Å². The number of rotatable bonds is 8. The lowest BCUT2D eigenvalue weighted by atomic mass is 10.1. The molecule has 1 aromatic rings. The minimum atomic E-state index is -3.39. The van der Waals surface area contributed by atoms with E-state index in [1.165, 1.54) is 10.6 Å². The van der Waals surface area contributed by atoms with Gasteiger partial charge in [0.25, 0.3) is 0 Å². The number of benzene rings is 1. The number of methoxy groups -OCH3 is 1. The van der Waals surface area contributed by atoms with Crippen molar-refractivity contribution < 1.29 is 17.9 Å². The van der Waals surface area contributed by atoms with Crippen LogP contribution in [0.1, 0.15) is 20.3 Å². The number of ether oxygens (including phenoxy) is 1. The van der Waals surface area contributed by atoms with Gasteiger partial charge in [0.15, 0.2) is 0 Å². The number of hydrogen-bond donors (Lipinski definition) is 0. The van der Waals surface area contributed by atoms with E-state index in [9.17, 15) is 13.2 Å². The summed E-state index contributed by atoms with van der Waals surface area (Å²) in [6, 6.07) is 7.86. The molecule has 0 saturated carbocycles. The van der Waals surface area contributed by atoms with Crippen LogP contribution in [0.15, 0.2) is 24.3 Å². The fraction of sp³-hybridized carbons (Fsp3) is 0.632. The van der Waals surface area contributed by atoms with Crippen molar-refractivity contribution in [3.63, 3.8) is 0 Å². The quantitative estimate of drug-likeness (QED) is 0.667. The van der Waals surface area contributed by atoms with Gasteiger partial charge < -0.3 is 14.5 Å². The summed E-state index contributed by atoms with van der Waals surface area (Å²) in [5, 5.41) is 0. The molecule has 1 aliphatic rings. The molecule has 7 nitrogen and oxygen atoms in total. The van der Waals surface area contributed by atoms with Crippen molar-refractivity contribution in [2.24, 2.45) is 5.92 Å².